The van der Waals surface area contributed by atoms with Crippen molar-refractivity contribution in [1.82, 2.24) is 0 Å². The van der Waals surface area contributed by atoms with Crippen LogP contribution in [0.15, 0.2) is 109 Å². The van der Waals surface area contributed by atoms with Gasteiger partial charge in [0.2, 0.25) is 0 Å². The van der Waals surface area contributed by atoms with Crippen LogP contribution in [0, 0.1) is 13.8 Å². The van der Waals surface area contributed by atoms with E-state index in [1.807, 2.05) is 0 Å². The van der Waals surface area contributed by atoms with Gasteiger partial charge in [0, 0.05) is 25.8 Å². The predicted molar refractivity (Wildman–Crippen MR) is 216 cm³/mol. The van der Waals surface area contributed by atoms with Gasteiger partial charge in [-0.15, -0.1) is 69.1 Å². The zero-order chi connectivity index (χ0) is 34.0. The topological polar surface area (TPSA) is 0 Å². The molecule has 0 spiro atoms. The van der Waals surface area contributed by atoms with Gasteiger partial charge in [-0.25, -0.2) is 0 Å². The Morgan fingerprint density at radius 3 is 1.19 bits per heavy atom. The SMILES string of the molecule is CCc1ccc(-c2cccc3[cH-]c(C4CCCCC4)cc23)cc1.CCc1ccc(-c2cccc3[cH-]c(C4CCCCC4)cc23)cc1.[CH2-]C[CH2-].[Cl-].[Cl-].[Hf]. The van der Waals surface area contributed by atoms with E-state index in [1.165, 1.54) is 119 Å². The van der Waals surface area contributed by atoms with Crippen LogP contribution in [0.2, 0.25) is 0 Å². The molecule has 6 aromatic carbocycles. The molecular weight excluding hydrogens is 838 g/mol. The number of aryl methyl sites for hydroxylation is 2. The molecule has 276 valence electrons. The van der Waals surface area contributed by atoms with Crippen LogP contribution in [0.3, 0.4) is 0 Å². The van der Waals surface area contributed by atoms with Crippen LogP contribution in [0.4, 0.5) is 0 Å². The molecule has 2 fully saturated rings. The molecule has 0 saturated heterocycles. The second-order valence-electron chi connectivity index (χ2n) is 14.3. The molecule has 0 aliphatic heterocycles. The van der Waals surface area contributed by atoms with Gasteiger partial charge in [-0.2, -0.15) is 12.1 Å². The maximum Gasteiger partial charge on any atom is 0 e. The Bertz CT molecular complexity index is 1740. The summed E-state index contributed by atoms with van der Waals surface area (Å²) < 4.78 is 0. The quantitative estimate of drug-likeness (QED) is 0.116. The Kier molecular flexibility index (Phi) is 18.6. The van der Waals surface area contributed by atoms with Crippen LogP contribution >= 0.6 is 0 Å². The standard InChI is InChI=1S/2C23H25.C3H6.2ClH.Hf/c2*1-2-17-11-13-19(14-12-17)22-10-6-9-20-15-21(16-23(20)22)18-7-4-3-5-8-18;1-3-2;;;/h2*6,9-16,18H,2-5,7-8H2,1H3;1-3H2;2*1H;/q2*-1;-2;;;/p-2. The Morgan fingerprint density at radius 2 is 0.865 bits per heavy atom. The minimum atomic E-state index is 0. The minimum Gasteiger partial charge on any atom is -1.00 e. The van der Waals surface area contributed by atoms with E-state index in [0.717, 1.165) is 31.1 Å². The van der Waals surface area contributed by atoms with E-state index < -0.39 is 0 Å². The third kappa shape index (κ3) is 10.8. The van der Waals surface area contributed by atoms with Gasteiger partial charge in [-0.05, 0) is 72.6 Å². The molecule has 0 unspecified atom stereocenters. The molecule has 0 bridgehead atoms. The van der Waals surface area contributed by atoms with Gasteiger partial charge in [-0.3, -0.25) is 0 Å². The maximum atomic E-state index is 3.38. The van der Waals surface area contributed by atoms with Gasteiger partial charge in [0.05, 0.1) is 0 Å². The van der Waals surface area contributed by atoms with E-state index in [1.54, 1.807) is 11.1 Å². The Hall–Kier alpha value is -2.45. The first-order valence-electron chi connectivity index (χ1n) is 19.3. The first-order chi connectivity index (χ1) is 24.1. The molecule has 0 radical (unpaired) electrons. The number of fused-ring (bicyclic) bond motifs is 2. The van der Waals surface area contributed by atoms with Gasteiger partial charge in [-0.1, -0.05) is 124 Å². The summed E-state index contributed by atoms with van der Waals surface area (Å²) in [4.78, 5) is 0. The zero-order valence-electron chi connectivity index (χ0n) is 31.4. The minimum absolute atomic E-state index is 0. The molecule has 2 aliphatic carbocycles. The molecule has 0 amide bonds. The van der Waals surface area contributed by atoms with E-state index in [0.29, 0.717) is 0 Å². The first kappa shape index (κ1) is 44.0. The molecule has 0 heterocycles. The average molecular weight is 894 g/mol. The Labute approximate surface area is 346 Å². The average Bonchev–Trinajstić information content (AvgIpc) is 3.82. The fourth-order valence-electron chi connectivity index (χ4n) is 8.20. The Morgan fingerprint density at radius 1 is 0.519 bits per heavy atom. The number of rotatable bonds is 6. The van der Waals surface area contributed by atoms with Gasteiger partial charge in [0.1, 0.15) is 0 Å². The molecule has 52 heavy (non-hydrogen) atoms. The van der Waals surface area contributed by atoms with Gasteiger partial charge < -0.3 is 45.1 Å². The number of benzene rings is 4. The third-order valence-electron chi connectivity index (χ3n) is 11.0. The molecule has 0 aromatic heterocycles. The van der Waals surface area contributed by atoms with Crippen molar-refractivity contribution in [3.8, 4) is 22.3 Å². The summed E-state index contributed by atoms with van der Waals surface area (Å²) >= 11 is 0. The molecule has 0 nitrogen and oxygen atoms in total. The van der Waals surface area contributed by atoms with Gasteiger partial charge in [0.25, 0.3) is 0 Å². The van der Waals surface area contributed by atoms with Gasteiger partial charge >= 0.3 is 0 Å². The van der Waals surface area contributed by atoms with Crippen molar-refractivity contribution in [2.75, 3.05) is 0 Å². The fraction of sp³-hybridized carbons (Fsp3) is 0.347. The van der Waals surface area contributed by atoms with Crippen molar-refractivity contribution in [3.05, 3.63) is 145 Å². The summed E-state index contributed by atoms with van der Waals surface area (Å²) in [5, 5.41) is 5.67. The zero-order valence-corrected chi connectivity index (χ0v) is 36.5. The third-order valence-corrected chi connectivity index (χ3v) is 11.0. The van der Waals surface area contributed by atoms with Crippen LogP contribution in [0.5, 0.6) is 0 Å². The van der Waals surface area contributed by atoms with Crippen molar-refractivity contribution in [2.24, 2.45) is 0 Å². The second-order valence-corrected chi connectivity index (χ2v) is 14.3. The molecule has 8 rings (SSSR count). The summed E-state index contributed by atoms with van der Waals surface area (Å²) in [6, 6.07) is 41.5. The predicted octanol–water partition coefficient (Wildman–Crippen LogP) is 8.72. The second kappa shape index (κ2) is 22.1. The largest absolute Gasteiger partial charge is 1.00 e. The van der Waals surface area contributed by atoms with Crippen LogP contribution in [-0.4, -0.2) is 0 Å². The molecular formula is C49H56Cl2Hf-6. The monoisotopic (exact) mass is 894 g/mol. The Balaban J connectivity index is 0.000000248. The van der Waals surface area contributed by atoms with E-state index in [2.05, 4.69) is 137 Å². The van der Waals surface area contributed by atoms with Crippen molar-refractivity contribution in [3.63, 3.8) is 0 Å². The van der Waals surface area contributed by atoms with Crippen LogP contribution in [0.1, 0.15) is 119 Å². The van der Waals surface area contributed by atoms with E-state index in [4.69, 9.17) is 0 Å². The molecule has 6 aromatic rings. The van der Waals surface area contributed by atoms with Crippen molar-refractivity contribution in [1.29, 1.82) is 0 Å². The van der Waals surface area contributed by atoms with Crippen molar-refractivity contribution < 1.29 is 50.7 Å². The van der Waals surface area contributed by atoms with E-state index in [-0.39, 0.29) is 50.7 Å². The van der Waals surface area contributed by atoms with Crippen molar-refractivity contribution in [2.45, 2.75) is 109 Å². The molecule has 2 saturated carbocycles. The summed E-state index contributed by atoms with van der Waals surface area (Å²) in [5.41, 5.74) is 11.4. The van der Waals surface area contributed by atoms with Crippen LogP contribution < -0.4 is 24.8 Å². The molecule has 2 aliphatic rings. The smallest absolute Gasteiger partial charge is 0 e. The normalized spacial score (nSPS) is 14.5. The summed E-state index contributed by atoms with van der Waals surface area (Å²) in [6.45, 7) is 11.2. The molecule has 3 heteroatoms. The number of hydrogen-bond donors (Lipinski definition) is 0. The van der Waals surface area contributed by atoms with Crippen LogP contribution in [-0.2, 0) is 38.7 Å². The van der Waals surface area contributed by atoms with E-state index >= 15 is 0 Å². The molecule has 0 atom stereocenters. The maximum absolute atomic E-state index is 3.38. The van der Waals surface area contributed by atoms with Crippen LogP contribution in [0.25, 0.3) is 43.8 Å². The van der Waals surface area contributed by atoms with Crippen molar-refractivity contribution >= 4 is 21.5 Å². The van der Waals surface area contributed by atoms with Gasteiger partial charge in [0.15, 0.2) is 0 Å². The fourth-order valence-corrected chi connectivity index (χ4v) is 8.20. The molecule has 0 N–H and O–H groups in total. The first-order valence-corrected chi connectivity index (χ1v) is 19.3. The summed E-state index contributed by atoms with van der Waals surface area (Å²) in [6.07, 6.45) is 16.9. The van der Waals surface area contributed by atoms with E-state index in [9.17, 15) is 0 Å². The summed E-state index contributed by atoms with van der Waals surface area (Å²) in [5.74, 6) is 1.57. The number of hydrogen-bond acceptors (Lipinski definition) is 0. The number of halogens is 2. The summed E-state index contributed by atoms with van der Waals surface area (Å²) in [7, 11) is 0.